The van der Waals surface area contributed by atoms with Crippen molar-refractivity contribution < 1.29 is 18.0 Å². The number of hydrogen-bond donors (Lipinski definition) is 1. The highest BCUT2D eigenvalue weighted by atomic mass is 32.2. The third kappa shape index (κ3) is 5.42. The monoisotopic (exact) mass is 489 g/mol. The van der Waals surface area contributed by atoms with Gasteiger partial charge in [0.2, 0.25) is 21.8 Å². The van der Waals surface area contributed by atoms with Crippen LogP contribution in [-0.2, 0) is 19.6 Å². The van der Waals surface area contributed by atoms with Gasteiger partial charge in [-0.05, 0) is 50.1 Å². The summed E-state index contributed by atoms with van der Waals surface area (Å²) in [6, 6.07) is 8.82. The number of nitrogens with zero attached hydrogens (tertiary/aromatic N) is 2. The number of aryl methyl sites for hydroxylation is 3. The molecule has 7 nitrogen and oxygen atoms in total. The van der Waals surface area contributed by atoms with E-state index in [0.717, 1.165) is 27.3 Å². The minimum atomic E-state index is -3.69. The molecule has 1 aliphatic heterocycles. The van der Waals surface area contributed by atoms with Crippen LogP contribution in [0.1, 0.15) is 37.0 Å². The maximum absolute atomic E-state index is 13.1. The number of nitrogens with one attached hydrogen (secondary N) is 1. The topological polar surface area (TPSA) is 86.8 Å². The molecule has 33 heavy (non-hydrogen) atoms. The molecule has 0 saturated heterocycles. The fourth-order valence-electron chi connectivity index (χ4n) is 4.09. The second kappa shape index (κ2) is 10.3. The van der Waals surface area contributed by atoms with Gasteiger partial charge in [-0.2, -0.15) is 4.31 Å². The van der Waals surface area contributed by atoms with Crippen LogP contribution in [-0.4, -0.2) is 49.9 Å². The Bertz CT molecular complexity index is 1150. The van der Waals surface area contributed by atoms with Gasteiger partial charge in [0, 0.05) is 35.8 Å². The number of carbonyl (C=O) groups is 2. The van der Waals surface area contributed by atoms with E-state index in [1.54, 1.807) is 26.0 Å². The summed E-state index contributed by atoms with van der Waals surface area (Å²) in [5, 5.41) is 2.94. The largest absolute Gasteiger partial charge is 0.324 e. The number of fused-ring (bicyclic) bond motifs is 1. The molecule has 0 aliphatic carbocycles. The molecule has 0 saturated carbocycles. The quantitative estimate of drug-likeness (QED) is 0.633. The van der Waals surface area contributed by atoms with Crippen molar-refractivity contribution in [2.45, 2.75) is 50.8 Å². The summed E-state index contributed by atoms with van der Waals surface area (Å²) < 4.78 is 27.5. The van der Waals surface area contributed by atoms with E-state index in [1.165, 1.54) is 27.0 Å². The van der Waals surface area contributed by atoms with Crippen LogP contribution in [0.3, 0.4) is 0 Å². The highest BCUT2D eigenvalue weighted by Crippen LogP contribution is 2.36. The van der Waals surface area contributed by atoms with E-state index in [9.17, 15) is 18.0 Å². The number of sulfonamides is 1. The second-order valence-electron chi connectivity index (χ2n) is 8.12. The molecule has 2 amide bonds. The zero-order valence-corrected chi connectivity index (χ0v) is 21.4. The van der Waals surface area contributed by atoms with Crippen molar-refractivity contribution in [2.24, 2.45) is 0 Å². The van der Waals surface area contributed by atoms with Crippen LogP contribution in [0, 0.1) is 20.8 Å². The number of carbonyl (C=O) groups excluding carboxylic acids is 2. The van der Waals surface area contributed by atoms with Crippen molar-refractivity contribution >= 4 is 45.0 Å². The molecule has 2 aromatic carbocycles. The van der Waals surface area contributed by atoms with E-state index in [2.05, 4.69) is 5.32 Å². The fraction of sp³-hybridized carbons (Fsp3) is 0.417. The Hall–Kier alpha value is -2.36. The molecule has 1 heterocycles. The van der Waals surface area contributed by atoms with Crippen LogP contribution in [0.25, 0.3) is 0 Å². The molecule has 1 N–H and O–H groups in total. The standard InChI is InChI=1S/C24H31N3O4S2/c1-6-26(7-2)33(30,31)19-8-9-21-20(14-19)27(23(29)10-11-32-21)15-22(28)25-24-17(4)12-16(3)13-18(24)5/h8-9,12-14H,6-7,10-11,15H2,1-5H3,(H,25,28). The van der Waals surface area contributed by atoms with E-state index in [-0.39, 0.29) is 29.7 Å². The Balaban J connectivity index is 1.95. The van der Waals surface area contributed by atoms with Crippen LogP contribution in [0.5, 0.6) is 0 Å². The molecule has 178 valence electrons. The van der Waals surface area contributed by atoms with Crippen molar-refractivity contribution in [2.75, 3.05) is 35.6 Å². The van der Waals surface area contributed by atoms with Crippen LogP contribution >= 0.6 is 11.8 Å². The lowest BCUT2D eigenvalue weighted by Crippen LogP contribution is -2.38. The van der Waals surface area contributed by atoms with Gasteiger partial charge in [0.15, 0.2) is 0 Å². The van der Waals surface area contributed by atoms with Gasteiger partial charge >= 0.3 is 0 Å². The van der Waals surface area contributed by atoms with E-state index in [4.69, 9.17) is 0 Å². The first-order chi connectivity index (χ1) is 15.6. The van der Waals surface area contributed by atoms with Gasteiger partial charge in [-0.25, -0.2) is 8.42 Å². The first kappa shape index (κ1) is 25.3. The first-order valence-corrected chi connectivity index (χ1v) is 13.5. The molecule has 0 radical (unpaired) electrons. The normalized spacial score (nSPS) is 14.2. The summed E-state index contributed by atoms with van der Waals surface area (Å²) in [5.74, 6) is 0.0434. The van der Waals surface area contributed by atoms with Gasteiger partial charge in [-0.1, -0.05) is 31.5 Å². The second-order valence-corrected chi connectivity index (χ2v) is 11.2. The molecule has 3 rings (SSSR count). The number of anilines is 2. The van der Waals surface area contributed by atoms with Crippen LogP contribution < -0.4 is 10.2 Å². The molecule has 0 fully saturated rings. The SMILES string of the molecule is CCN(CC)S(=O)(=O)c1ccc2c(c1)N(CC(=O)Nc1c(C)cc(C)cc1C)C(=O)CCS2. The lowest BCUT2D eigenvalue weighted by atomic mass is 10.1. The molecule has 0 bridgehead atoms. The lowest BCUT2D eigenvalue weighted by molar-refractivity contribution is -0.121. The lowest BCUT2D eigenvalue weighted by Gasteiger charge is -2.24. The number of hydrogen-bond acceptors (Lipinski definition) is 5. The van der Waals surface area contributed by atoms with E-state index < -0.39 is 10.0 Å². The maximum Gasteiger partial charge on any atom is 0.244 e. The Morgan fingerprint density at radius 1 is 1.09 bits per heavy atom. The Morgan fingerprint density at radius 3 is 2.33 bits per heavy atom. The van der Waals surface area contributed by atoms with Crippen LogP contribution in [0.15, 0.2) is 40.1 Å². The van der Waals surface area contributed by atoms with Crippen molar-refractivity contribution in [1.82, 2.24) is 4.31 Å². The summed E-state index contributed by atoms with van der Waals surface area (Å²) in [6.45, 7) is 9.96. The highest BCUT2D eigenvalue weighted by molar-refractivity contribution is 7.99. The van der Waals surface area contributed by atoms with Gasteiger partial charge in [-0.3, -0.25) is 9.59 Å². The molecular formula is C24H31N3O4S2. The van der Waals surface area contributed by atoms with Gasteiger partial charge < -0.3 is 10.2 Å². The van der Waals surface area contributed by atoms with E-state index in [1.807, 2.05) is 32.9 Å². The third-order valence-electron chi connectivity index (χ3n) is 5.68. The maximum atomic E-state index is 13.1. The van der Waals surface area contributed by atoms with Crippen molar-refractivity contribution in [3.05, 3.63) is 47.0 Å². The zero-order valence-electron chi connectivity index (χ0n) is 19.8. The van der Waals surface area contributed by atoms with Crippen LogP contribution in [0.2, 0.25) is 0 Å². The molecule has 0 unspecified atom stereocenters. The minimum absolute atomic E-state index is 0.121. The predicted octanol–water partition coefficient (Wildman–Crippen LogP) is 4.11. The molecule has 0 aromatic heterocycles. The van der Waals surface area contributed by atoms with Gasteiger partial charge in [0.05, 0.1) is 10.6 Å². The molecule has 9 heteroatoms. The van der Waals surface area contributed by atoms with Crippen LogP contribution in [0.4, 0.5) is 11.4 Å². The number of amides is 2. The smallest absolute Gasteiger partial charge is 0.244 e. The fourth-order valence-corrected chi connectivity index (χ4v) is 6.55. The molecule has 1 aliphatic rings. The average molecular weight is 490 g/mol. The predicted molar refractivity (Wildman–Crippen MR) is 134 cm³/mol. The third-order valence-corrected chi connectivity index (χ3v) is 8.79. The Labute approximate surface area is 200 Å². The molecule has 0 atom stereocenters. The zero-order chi connectivity index (χ0) is 24.3. The highest BCUT2D eigenvalue weighted by Gasteiger charge is 2.29. The van der Waals surface area contributed by atoms with Gasteiger partial charge in [-0.15, -0.1) is 11.8 Å². The Morgan fingerprint density at radius 2 is 1.73 bits per heavy atom. The summed E-state index contributed by atoms with van der Waals surface area (Å²) in [5.41, 5.74) is 4.21. The summed E-state index contributed by atoms with van der Waals surface area (Å²) in [7, 11) is -3.69. The summed E-state index contributed by atoms with van der Waals surface area (Å²) in [6.07, 6.45) is 0.271. The van der Waals surface area contributed by atoms with Gasteiger partial charge in [0.25, 0.3) is 0 Å². The first-order valence-electron chi connectivity index (χ1n) is 11.0. The number of benzene rings is 2. The average Bonchev–Trinajstić information content (AvgIpc) is 2.89. The molecular weight excluding hydrogens is 458 g/mol. The minimum Gasteiger partial charge on any atom is -0.324 e. The summed E-state index contributed by atoms with van der Waals surface area (Å²) in [4.78, 5) is 28.2. The van der Waals surface area contributed by atoms with Gasteiger partial charge in [0.1, 0.15) is 6.54 Å². The number of rotatable bonds is 7. The summed E-state index contributed by atoms with van der Waals surface area (Å²) >= 11 is 1.49. The van der Waals surface area contributed by atoms with Crippen molar-refractivity contribution in [3.8, 4) is 0 Å². The molecule has 2 aromatic rings. The van der Waals surface area contributed by atoms with Crippen molar-refractivity contribution in [1.29, 1.82) is 0 Å². The number of thioether (sulfide) groups is 1. The van der Waals surface area contributed by atoms with Crippen molar-refractivity contribution in [3.63, 3.8) is 0 Å². The van der Waals surface area contributed by atoms with E-state index >= 15 is 0 Å². The Kier molecular flexibility index (Phi) is 7.87. The molecule has 0 spiro atoms. The van der Waals surface area contributed by atoms with E-state index in [0.29, 0.717) is 24.5 Å².